The van der Waals surface area contributed by atoms with E-state index in [1.807, 2.05) is 13.8 Å². The zero-order valence-corrected chi connectivity index (χ0v) is 13.0. The van der Waals surface area contributed by atoms with Crippen molar-refractivity contribution in [3.8, 4) is 0 Å². The maximum Gasteiger partial charge on any atom is 0.240 e. The fourth-order valence-corrected chi connectivity index (χ4v) is 4.13. The van der Waals surface area contributed by atoms with E-state index in [4.69, 9.17) is 0 Å². The molecule has 112 valence electrons. The molecule has 1 aliphatic carbocycles. The van der Waals surface area contributed by atoms with E-state index in [0.29, 0.717) is 10.8 Å². The standard InChI is InChI=1S/C15H24N2O2S/c1-3-16-14-8-10-15(11-9-14)20(18,19)17-12(2)13-6-4-5-7-13/h8-13,16-17H,3-7H2,1-2H3. The molecule has 1 aromatic rings. The van der Waals surface area contributed by atoms with E-state index in [2.05, 4.69) is 10.0 Å². The first-order chi connectivity index (χ1) is 9.53. The maximum absolute atomic E-state index is 12.3. The average molecular weight is 296 g/mol. The SMILES string of the molecule is CCNc1ccc(S(=O)(=O)NC(C)C2CCCC2)cc1. The minimum atomic E-state index is -3.41. The molecule has 2 rings (SSSR count). The molecule has 0 saturated heterocycles. The lowest BCUT2D eigenvalue weighted by molar-refractivity contribution is 0.424. The van der Waals surface area contributed by atoms with E-state index in [1.54, 1.807) is 24.3 Å². The maximum atomic E-state index is 12.3. The molecule has 1 unspecified atom stereocenters. The molecule has 0 amide bonds. The predicted octanol–water partition coefficient (Wildman–Crippen LogP) is 2.98. The normalized spacial score (nSPS) is 18.1. The number of hydrogen-bond donors (Lipinski definition) is 2. The third-order valence-corrected chi connectivity index (χ3v) is 5.57. The number of rotatable bonds is 6. The van der Waals surface area contributed by atoms with Crippen molar-refractivity contribution < 1.29 is 8.42 Å². The fraction of sp³-hybridized carbons (Fsp3) is 0.600. The van der Waals surface area contributed by atoms with Crippen LogP contribution in [0.4, 0.5) is 5.69 Å². The summed E-state index contributed by atoms with van der Waals surface area (Å²) in [7, 11) is -3.41. The van der Waals surface area contributed by atoms with Gasteiger partial charge in [-0.05, 0) is 56.9 Å². The molecule has 20 heavy (non-hydrogen) atoms. The smallest absolute Gasteiger partial charge is 0.240 e. The van der Waals surface area contributed by atoms with Gasteiger partial charge in [0.05, 0.1) is 4.90 Å². The van der Waals surface area contributed by atoms with Crippen LogP contribution in [0.3, 0.4) is 0 Å². The van der Waals surface area contributed by atoms with Gasteiger partial charge in [0, 0.05) is 18.3 Å². The van der Waals surface area contributed by atoms with Crippen molar-refractivity contribution >= 4 is 15.7 Å². The summed E-state index contributed by atoms with van der Waals surface area (Å²) < 4.78 is 27.5. The van der Waals surface area contributed by atoms with Crippen LogP contribution in [0.1, 0.15) is 39.5 Å². The lowest BCUT2D eigenvalue weighted by atomic mass is 10.0. The van der Waals surface area contributed by atoms with Crippen LogP contribution < -0.4 is 10.0 Å². The third kappa shape index (κ3) is 3.73. The Morgan fingerprint density at radius 1 is 1.20 bits per heavy atom. The largest absolute Gasteiger partial charge is 0.385 e. The molecule has 4 nitrogen and oxygen atoms in total. The topological polar surface area (TPSA) is 58.2 Å². The average Bonchev–Trinajstić information content (AvgIpc) is 2.93. The second kappa shape index (κ2) is 6.59. The van der Waals surface area contributed by atoms with Crippen molar-refractivity contribution in [1.29, 1.82) is 0 Å². The summed E-state index contributed by atoms with van der Waals surface area (Å²) in [5.74, 6) is 0.478. The van der Waals surface area contributed by atoms with Crippen molar-refractivity contribution in [3.05, 3.63) is 24.3 Å². The molecule has 1 atom stereocenters. The van der Waals surface area contributed by atoms with Crippen molar-refractivity contribution in [3.63, 3.8) is 0 Å². The van der Waals surface area contributed by atoms with Gasteiger partial charge < -0.3 is 5.32 Å². The molecule has 1 fully saturated rings. The Kier molecular flexibility index (Phi) is 5.05. The van der Waals surface area contributed by atoms with Crippen LogP contribution in [-0.4, -0.2) is 21.0 Å². The fourth-order valence-electron chi connectivity index (χ4n) is 2.82. The molecular formula is C15H24N2O2S. The zero-order chi connectivity index (χ0) is 14.6. The first-order valence-corrected chi connectivity index (χ1v) is 8.87. The number of sulfonamides is 1. The quantitative estimate of drug-likeness (QED) is 0.848. The van der Waals surface area contributed by atoms with E-state index >= 15 is 0 Å². The minimum absolute atomic E-state index is 0.0101. The van der Waals surface area contributed by atoms with Crippen molar-refractivity contribution in [2.24, 2.45) is 5.92 Å². The molecule has 0 aliphatic heterocycles. The van der Waals surface area contributed by atoms with Crippen LogP contribution in [-0.2, 0) is 10.0 Å². The van der Waals surface area contributed by atoms with Gasteiger partial charge >= 0.3 is 0 Å². The summed E-state index contributed by atoms with van der Waals surface area (Å²) in [6.45, 7) is 4.80. The number of anilines is 1. The van der Waals surface area contributed by atoms with Gasteiger partial charge in [-0.25, -0.2) is 13.1 Å². The monoisotopic (exact) mass is 296 g/mol. The van der Waals surface area contributed by atoms with Gasteiger partial charge in [-0.2, -0.15) is 0 Å². The Hall–Kier alpha value is -1.07. The highest BCUT2D eigenvalue weighted by atomic mass is 32.2. The Labute approximate surface area is 122 Å². The Morgan fingerprint density at radius 3 is 2.35 bits per heavy atom. The summed E-state index contributed by atoms with van der Waals surface area (Å²) in [5, 5.41) is 3.16. The number of benzene rings is 1. The molecule has 5 heteroatoms. The van der Waals surface area contributed by atoms with E-state index < -0.39 is 10.0 Å². The highest BCUT2D eigenvalue weighted by molar-refractivity contribution is 7.89. The molecular weight excluding hydrogens is 272 g/mol. The van der Waals surface area contributed by atoms with Crippen molar-refractivity contribution in [2.45, 2.75) is 50.5 Å². The molecule has 1 aromatic carbocycles. The van der Waals surface area contributed by atoms with Gasteiger partial charge in [-0.1, -0.05) is 12.8 Å². The molecule has 0 heterocycles. The van der Waals surface area contributed by atoms with Crippen LogP contribution in [0.15, 0.2) is 29.2 Å². The van der Waals surface area contributed by atoms with Gasteiger partial charge in [-0.15, -0.1) is 0 Å². The summed E-state index contributed by atoms with van der Waals surface area (Å²) in [6, 6.07) is 6.93. The molecule has 2 N–H and O–H groups in total. The second-order valence-electron chi connectivity index (χ2n) is 5.51. The first-order valence-electron chi connectivity index (χ1n) is 7.39. The first kappa shape index (κ1) is 15.3. The van der Waals surface area contributed by atoms with Crippen LogP contribution in [0.2, 0.25) is 0 Å². The summed E-state index contributed by atoms with van der Waals surface area (Å²) in [4.78, 5) is 0.337. The summed E-state index contributed by atoms with van der Waals surface area (Å²) >= 11 is 0. The molecule has 1 saturated carbocycles. The number of nitrogens with one attached hydrogen (secondary N) is 2. The van der Waals surface area contributed by atoms with Gasteiger partial charge in [0.25, 0.3) is 0 Å². The van der Waals surface area contributed by atoms with E-state index in [-0.39, 0.29) is 6.04 Å². The molecule has 0 spiro atoms. The van der Waals surface area contributed by atoms with Crippen molar-refractivity contribution in [1.82, 2.24) is 4.72 Å². The van der Waals surface area contributed by atoms with Gasteiger partial charge in [0.1, 0.15) is 0 Å². The van der Waals surface area contributed by atoms with Gasteiger partial charge in [0.2, 0.25) is 10.0 Å². The Morgan fingerprint density at radius 2 is 1.80 bits per heavy atom. The molecule has 1 aliphatic rings. The molecule has 0 radical (unpaired) electrons. The van der Waals surface area contributed by atoms with Gasteiger partial charge in [0.15, 0.2) is 0 Å². The molecule has 0 aromatic heterocycles. The Bertz CT molecular complexity index is 519. The number of hydrogen-bond acceptors (Lipinski definition) is 3. The summed E-state index contributed by atoms with van der Waals surface area (Å²) in [5.41, 5.74) is 0.940. The zero-order valence-electron chi connectivity index (χ0n) is 12.2. The van der Waals surface area contributed by atoms with Crippen molar-refractivity contribution in [2.75, 3.05) is 11.9 Å². The van der Waals surface area contributed by atoms with E-state index in [0.717, 1.165) is 25.1 Å². The van der Waals surface area contributed by atoms with Crippen LogP contribution in [0.25, 0.3) is 0 Å². The second-order valence-corrected chi connectivity index (χ2v) is 7.22. The summed E-state index contributed by atoms with van der Waals surface area (Å²) in [6.07, 6.45) is 4.69. The lowest BCUT2D eigenvalue weighted by Gasteiger charge is -2.20. The molecule has 0 bridgehead atoms. The minimum Gasteiger partial charge on any atom is -0.385 e. The van der Waals surface area contributed by atoms with Crippen LogP contribution >= 0.6 is 0 Å². The van der Waals surface area contributed by atoms with Crippen LogP contribution in [0, 0.1) is 5.92 Å². The lowest BCUT2D eigenvalue weighted by Crippen LogP contribution is -2.37. The van der Waals surface area contributed by atoms with E-state index in [9.17, 15) is 8.42 Å². The highest BCUT2D eigenvalue weighted by Crippen LogP contribution is 2.28. The third-order valence-electron chi connectivity index (χ3n) is 3.99. The Balaban J connectivity index is 2.05. The van der Waals surface area contributed by atoms with Gasteiger partial charge in [-0.3, -0.25) is 0 Å². The predicted molar refractivity (Wildman–Crippen MR) is 82.3 cm³/mol. The van der Waals surface area contributed by atoms with E-state index in [1.165, 1.54) is 12.8 Å². The highest BCUT2D eigenvalue weighted by Gasteiger charge is 2.25. The van der Waals surface area contributed by atoms with Crippen LogP contribution in [0.5, 0.6) is 0 Å².